The molecule has 0 aliphatic heterocycles. The SMILES string of the molecule is CC(C)(C)[Se][P@](=[Se])(c1ccccc1)C(C)(C)C. The van der Waals surface area contributed by atoms with Gasteiger partial charge in [0, 0.05) is 0 Å². The fraction of sp³-hybridized carbons (Fsp3) is 0.571. The van der Waals surface area contributed by atoms with Gasteiger partial charge in [-0.1, -0.05) is 0 Å². The third-order valence-corrected chi connectivity index (χ3v) is 23.0. The zero-order valence-electron chi connectivity index (χ0n) is 11.7. The zero-order chi connectivity index (χ0) is 13.3. The van der Waals surface area contributed by atoms with Crippen molar-refractivity contribution in [2.75, 3.05) is 0 Å². The molecule has 1 atom stereocenters. The summed E-state index contributed by atoms with van der Waals surface area (Å²) in [7, 11) is 0. The Balaban J connectivity index is 3.27. The zero-order valence-corrected chi connectivity index (χ0v) is 16.0. The van der Waals surface area contributed by atoms with E-state index in [9.17, 15) is 0 Å². The summed E-state index contributed by atoms with van der Waals surface area (Å²) in [6.45, 7) is 14.3. The van der Waals surface area contributed by atoms with Crippen LogP contribution in [0.1, 0.15) is 41.5 Å². The van der Waals surface area contributed by atoms with Crippen LogP contribution in [-0.2, 0) is 0 Å². The van der Waals surface area contributed by atoms with E-state index >= 15 is 0 Å². The predicted molar refractivity (Wildman–Crippen MR) is 84.0 cm³/mol. The van der Waals surface area contributed by atoms with Crippen LogP contribution in [0.5, 0.6) is 0 Å². The van der Waals surface area contributed by atoms with Crippen LogP contribution in [0.2, 0.25) is 4.31 Å². The van der Waals surface area contributed by atoms with Crippen LogP contribution < -0.4 is 5.30 Å². The van der Waals surface area contributed by atoms with Gasteiger partial charge in [0.25, 0.3) is 0 Å². The first-order chi connectivity index (χ1) is 7.56. The molecule has 0 amide bonds. The van der Waals surface area contributed by atoms with Crippen LogP contribution in [-0.4, -0.2) is 34.8 Å². The van der Waals surface area contributed by atoms with Gasteiger partial charge in [0.15, 0.2) is 0 Å². The summed E-state index contributed by atoms with van der Waals surface area (Å²) in [4.78, 5) is 0. The first-order valence-electron chi connectivity index (χ1n) is 5.93. The van der Waals surface area contributed by atoms with Crippen LogP contribution >= 0.6 is 4.20 Å². The Morgan fingerprint density at radius 2 is 1.41 bits per heavy atom. The maximum atomic E-state index is 3.64. The van der Waals surface area contributed by atoms with E-state index < -0.39 is 4.20 Å². The van der Waals surface area contributed by atoms with Crippen molar-refractivity contribution < 1.29 is 0 Å². The molecule has 0 spiro atoms. The molecule has 0 saturated heterocycles. The third kappa shape index (κ3) is 4.09. The van der Waals surface area contributed by atoms with E-state index in [0.717, 1.165) is 0 Å². The van der Waals surface area contributed by atoms with Gasteiger partial charge in [-0.3, -0.25) is 0 Å². The third-order valence-electron chi connectivity index (χ3n) is 2.38. The summed E-state index contributed by atoms with van der Waals surface area (Å²) in [5, 5.41) is 1.89. The van der Waals surface area contributed by atoms with E-state index in [4.69, 9.17) is 0 Å². The van der Waals surface area contributed by atoms with E-state index in [1.807, 2.05) is 0 Å². The van der Waals surface area contributed by atoms with Crippen LogP contribution in [0.25, 0.3) is 0 Å². The van der Waals surface area contributed by atoms with E-state index in [0.29, 0.717) is 24.0 Å². The molecule has 17 heavy (non-hydrogen) atoms. The van der Waals surface area contributed by atoms with E-state index in [1.54, 1.807) is 5.30 Å². The van der Waals surface area contributed by atoms with Crippen molar-refractivity contribution in [2.45, 2.75) is 51.0 Å². The molecule has 1 aromatic carbocycles. The van der Waals surface area contributed by atoms with Crippen molar-refractivity contribution >= 4 is 39.1 Å². The van der Waals surface area contributed by atoms with E-state index in [2.05, 4.69) is 87.0 Å². The number of hydrogen-bond donors (Lipinski definition) is 0. The summed E-state index contributed by atoms with van der Waals surface area (Å²) in [6.07, 6.45) is 0. The van der Waals surface area contributed by atoms with Crippen molar-refractivity contribution in [2.24, 2.45) is 0 Å². The second kappa shape index (κ2) is 5.36. The van der Waals surface area contributed by atoms with Gasteiger partial charge in [-0.15, -0.1) is 0 Å². The Morgan fingerprint density at radius 3 is 1.76 bits per heavy atom. The average Bonchev–Trinajstić information content (AvgIpc) is 2.14. The Bertz CT molecular complexity index is 410. The monoisotopic (exact) mass is 382 g/mol. The quantitative estimate of drug-likeness (QED) is 0.537. The standard InChI is InChI=1S/C14H23PSe2/c1-13(2,3)15(16,17-14(4,5)6)12-10-8-7-9-11-12/h7-11H,1-6H3/t15-/m1/s1. The number of hydrogen-bond acceptors (Lipinski definition) is 0. The van der Waals surface area contributed by atoms with Gasteiger partial charge in [-0.05, 0) is 0 Å². The molecule has 0 aliphatic rings. The number of rotatable bonds is 2. The fourth-order valence-electron chi connectivity index (χ4n) is 1.59. The summed E-state index contributed by atoms with van der Waals surface area (Å²) >= 11 is 4.25. The molecule has 0 radical (unpaired) electrons. The van der Waals surface area contributed by atoms with Gasteiger partial charge in [-0.2, -0.15) is 0 Å². The van der Waals surface area contributed by atoms with Crippen molar-refractivity contribution in [1.82, 2.24) is 0 Å². The summed E-state index contributed by atoms with van der Waals surface area (Å²) in [6, 6.07) is 11.1. The molecule has 1 rings (SSSR count). The van der Waals surface area contributed by atoms with Crippen LogP contribution in [0.3, 0.4) is 0 Å². The normalized spacial score (nSPS) is 16.6. The number of benzene rings is 1. The second-order valence-electron chi connectivity index (χ2n) is 6.26. The Morgan fingerprint density at radius 1 is 0.941 bits per heavy atom. The minimum absolute atomic E-state index is 0.349. The molecule has 0 saturated carbocycles. The van der Waals surface area contributed by atoms with Gasteiger partial charge < -0.3 is 0 Å². The van der Waals surface area contributed by atoms with Crippen molar-refractivity contribution in [3.8, 4) is 0 Å². The Hall–Kier alpha value is 0.689. The summed E-state index contributed by atoms with van der Waals surface area (Å²) < 4.78 is -0.764. The maximum absolute atomic E-state index is 3.64. The molecule has 1 aromatic rings. The molecular weight excluding hydrogens is 357 g/mol. The molecule has 0 N–H and O–H groups in total. The van der Waals surface area contributed by atoms with Gasteiger partial charge in [-0.25, -0.2) is 0 Å². The van der Waals surface area contributed by atoms with Gasteiger partial charge in [0.1, 0.15) is 0 Å². The topological polar surface area (TPSA) is 0 Å². The van der Waals surface area contributed by atoms with E-state index in [-0.39, 0.29) is 0 Å². The molecule has 0 heterocycles. The minimum atomic E-state index is -1.19. The molecular formula is C14H23PSe2. The van der Waals surface area contributed by atoms with Gasteiger partial charge >= 0.3 is 120 Å². The van der Waals surface area contributed by atoms with Crippen LogP contribution in [0.4, 0.5) is 0 Å². The molecule has 3 heteroatoms. The first-order valence-corrected chi connectivity index (χ1v) is 13.0. The van der Waals surface area contributed by atoms with Crippen molar-refractivity contribution in [3.05, 3.63) is 30.3 Å². The summed E-state index contributed by atoms with van der Waals surface area (Å²) in [5.74, 6) is 0. The molecule has 0 unspecified atom stereocenters. The molecule has 0 nitrogen and oxygen atoms in total. The van der Waals surface area contributed by atoms with Crippen LogP contribution in [0.15, 0.2) is 30.3 Å². The predicted octanol–water partition coefficient (Wildman–Crippen LogP) is 4.05. The second-order valence-corrected chi connectivity index (χ2v) is 23.5. The van der Waals surface area contributed by atoms with E-state index in [1.165, 1.54) is 0 Å². The molecule has 0 bridgehead atoms. The van der Waals surface area contributed by atoms with Crippen molar-refractivity contribution in [3.63, 3.8) is 0 Å². The van der Waals surface area contributed by atoms with Crippen molar-refractivity contribution in [1.29, 1.82) is 0 Å². The first kappa shape index (κ1) is 15.7. The molecule has 0 aliphatic carbocycles. The molecule has 0 aromatic heterocycles. The molecule has 96 valence electrons. The average molecular weight is 380 g/mol. The molecule has 0 fully saturated rings. The summed E-state index contributed by atoms with van der Waals surface area (Å²) in [5.41, 5.74) is 0. The fourth-order valence-corrected chi connectivity index (χ4v) is 20.2. The van der Waals surface area contributed by atoms with Gasteiger partial charge in [0.2, 0.25) is 0 Å². The Labute approximate surface area is 120 Å². The van der Waals surface area contributed by atoms with Gasteiger partial charge in [0.05, 0.1) is 0 Å². The van der Waals surface area contributed by atoms with Crippen LogP contribution in [0, 0.1) is 0 Å². The Kier molecular flexibility index (Phi) is 4.96.